The van der Waals surface area contributed by atoms with Crippen molar-refractivity contribution in [2.45, 2.75) is 102 Å². The number of likely N-dealkylation sites (N-methyl/N-ethyl adjacent to an activating group) is 1. The first-order chi connectivity index (χ1) is 21.6. The number of hydrogen-bond acceptors (Lipinski definition) is 12. The molecule has 1 aliphatic heterocycles. The van der Waals surface area contributed by atoms with E-state index in [-0.39, 0.29) is 23.5 Å². The van der Waals surface area contributed by atoms with Gasteiger partial charge in [0.2, 0.25) is 18.6 Å². The maximum Gasteiger partial charge on any atom is 0.323 e. The Morgan fingerprint density at radius 2 is 1.78 bits per heavy atom. The number of hydrogen-bond donors (Lipinski definition) is 6. The fraction of sp³-hybridized carbons (Fsp3) is 0.704. The Kier molecular flexibility index (Phi) is 11.6. The smallest absolute Gasteiger partial charge is 0.323 e. The van der Waals surface area contributed by atoms with E-state index >= 15 is 0 Å². The number of nitrogens with one attached hydrogen (secondary N) is 3. The van der Waals surface area contributed by atoms with Crippen LogP contribution in [0.25, 0.3) is 11.2 Å². The van der Waals surface area contributed by atoms with Crippen LogP contribution in [0.1, 0.15) is 59.6 Å². The van der Waals surface area contributed by atoms with Crippen LogP contribution < -0.4 is 15.5 Å². The van der Waals surface area contributed by atoms with Crippen molar-refractivity contribution < 1.29 is 43.7 Å². The standard InChI is InChI=1S/C27H42ClN8O9P/c1-13(2)44-26(42)15(4)34-46(43,33-14(3)25(40)41)11-18(37)35(5)10-17-20(38)21(39)24(45-17)36-12-29-19-22(30-16-8-6-7-9-16)31-27(28)32-23(19)36/h12-17,20-21,24,38-39H,6-11H2,1-5H3,(H,40,41)(H,30,31,32)(H2,33,34,43)/t14-,15-,17+,20+,21+,24+,46?/m0/s1. The lowest BCUT2D eigenvalue weighted by Gasteiger charge is -2.28. The highest BCUT2D eigenvalue weighted by molar-refractivity contribution is 7.60. The molecule has 2 aromatic heterocycles. The number of carboxylic acid groups (broad SMARTS) is 1. The van der Waals surface area contributed by atoms with Crippen LogP contribution in [0.3, 0.4) is 0 Å². The summed E-state index contributed by atoms with van der Waals surface area (Å²) in [5.41, 5.74) is 0.688. The number of rotatable bonds is 14. The van der Waals surface area contributed by atoms with Gasteiger partial charge in [0.15, 0.2) is 23.2 Å². The first-order valence-electron chi connectivity index (χ1n) is 15.1. The summed E-state index contributed by atoms with van der Waals surface area (Å²) in [4.78, 5) is 51.2. The number of amides is 1. The molecule has 0 radical (unpaired) electrons. The lowest BCUT2D eigenvalue weighted by Crippen LogP contribution is -2.46. The minimum absolute atomic E-state index is 0.0414. The van der Waals surface area contributed by atoms with Gasteiger partial charge in [0.1, 0.15) is 36.6 Å². The zero-order valence-electron chi connectivity index (χ0n) is 26.3. The normalized spacial score (nSPS) is 24.5. The molecule has 0 aromatic carbocycles. The lowest BCUT2D eigenvalue weighted by atomic mass is 10.1. The van der Waals surface area contributed by atoms with E-state index in [0.29, 0.717) is 11.3 Å². The molecule has 46 heavy (non-hydrogen) atoms. The molecule has 1 amide bonds. The Hall–Kier alpha value is -2.92. The van der Waals surface area contributed by atoms with Crippen molar-refractivity contribution in [3.8, 4) is 0 Å². The zero-order chi connectivity index (χ0) is 33.9. The van der Waals surface area contributed by atoms with Gasteiger partial charge in [-0.3, -0.25) is 23.5 Å². The molecule has 1 saturated heterocycles. The topological polar surface area (TPSA) is 230 Å². The fourth-order valence-corrected chi connectivity index (χ4v) is 7.94. The van der Waals surface area contributed by atoms with Gasteiger partial charge in [-0.05, 0) is 52.1 Å². The van der Waals surface area contributed by atoms with Crippen molar-refractivity contribution >= 4 is 53.9 Å². The number of aliphatic hydroxyl groups is 2. The third-order valence-corrected chi connectivity index (χ3v) is 10.3. The van der Waals surface area contributed by atoms with Gasteiger partial charge < -0.3 is 35.0 Å². The van der Waals surface area contributed by atoms with Crippen molar-refractivity contribution in [1.82, 2.24) is 34.6 Å². The summed E-state index contributed by atoms with van der Waals surface area (Å²) in [7, 11) is -2.66. The van der Waals surface area contributed by atoms with Crippen molar-refractivity contribution in [2.24, 2.45) is 0 Å². The van der Waals surface area contributed by atoms with Crippen LogP contribution in [0.15, 0.2) is 6.33 Å². The molecule has 2 fully saturated rings. The number of aliphatic carboxylic acids is 1. The van der Waals surface area contributed by atoms with Crippen LogP contribution >= 0.6 is 19.0 Å². The predicted molar refractivity (Wildman–Crippen MR) is 166 cm³/mol. The van der Waals surface area contributed by atoms with Crippen molar-refractivity contribution in [2.75, 3.05) is 25.1 Å². The maximum atomic E-state index is 13.8. The summed E-state index contributed by atoms with van der Waals surface area (Å²) in [6.45, 7) is 5.67. The number of fused-ring (bicyclic) bond motifs is 1. The SMILES string of the molecule is CC(C)OC(=O)[C@H](C)NP(=O)(CC(=O)N(C)C[C@H]1O[C@@H](n2cnc3c(NC4CCCC4)nc(Cl)nc32)[C@H](O)[C@@H]1O)N[C@@H](C)C(=O)O. The monoisotopic (exact) mass is 688 g/mol. The van der Waals surface area contributed by atoms with E-state index in [4.69, 9.17) is 21.1 Å². The largest absolute Gasteiger partial charge is 0.480 e. The maximum absolute atomic E-state index is 13.8. The summed E-state index contributed by atoms with van der Waals surface area (Å²) in [6.07, 6.45) is -0.700. The second kappa shape index (κ2) is 14.9. The van der Waals surface area contributed by atoms with E-state index in [9.17, 15) is 34.3 Å². The number of carboxylic acids is 1. The van der Waals surface area contributed by atoms with Crippen molar-refractivity contribution in [3.63, 3.8) is 0 Å². The number of halogens is 1. The van der Waals surface area contributed by atoms with Gasteiger partial charge in [-0.15, -0.1) is 0 Å². The molecule has 2 aromatic rings. The molecule has 1 unspecified atom stereocenters. The highest BCUT2D eigenvalue weighted by Gasteiger charge is 2.45. The van der Waals surface area contributed by atoms with E-state index in [1.165, 1.54) is 31.8 Å². The highest BCUT2D eigenvalue weighted by Crippen LogP contribution is 2.39. The average molecular weight is 689 g/mol. The van der Waals surface area contributed by atoms with Crippen LogP contribution in [0.5, 0.6) is 0 Å². The van der Waals surface area contributed by atoms with Crippen LogP contribution in [-0.2, 0) is 28.4 Å². The van der Waals surface area contributed by atoms with Crippen LogP contribution in [0.4, 0.5) is 5.82 Å². The number of imidazole rings is 1. The minimum atomic E-state index is -4.04. The number of aromatic nitrogens is 4. The summed E-state index contributed by atoms with van der Waals surface area (Å²) < 4.78 is 26.4. The zero-order valence-corrected chi connectivity index (χ0v) is 27.9. The second-order valence-electron chi connectivity index (χ2n) is 12.0. The van der Waals surface area contributed by atoms with Gasteiger partial charge >= 0.3 is 11.9 Å². The van der Waals surface area contributed by atoms with E-state index in [0.717, 1.165) is 30.6 Å². The van der Waals surface area contributed by atoms with Crippen molar-refractivity contribution in [3.05, 3.63) is 11.6 Å². The van der Waals surface area contributed by atoms with Gasteiger partial charge in [-0.1, -0.05) is 12.8 Å². The molecule has 19 heteroatoms. The third-order valence-electron chi connectivity index (χ3n) is 7.82. The predicted octanol–water partition coefficient (Wildman–Crippen LogP) is 1.10. The lowest BCUT2D eigenvalue weighted by molar-refractivity contribution is -0.149. The molecular weight excluding hydrogens is 647 g/mol. The number of ether oxygens (including phenoxy) is 2. The Morgan fingerprint density at radius 1 is 1.13 bits per heavy atom. The molecule has 1 saturated carbocycles. The first-order valence-corrected chi connectivity index (χ1v) is 17.4. The molecule has 6 N–H and O–H groups in total. The van der Waals surface area contributed by atoms with E-state index < -0.39 is 74.2 Å². The quantitative estimate of drug-likeness (QED) is 0.0927. The average Bonchev–Trinajstić information content (AvgIpc) is 3.69. The molecule has 3 heterocycles. The first kappa shape index (κ1) is 35.9. The Labute approximate surface area is 270 Å². The molecule has 256 valence electrons. The molecule has 0 spiro atoms. The highest BCUT2D eigenvalue weighted by atomic mass is 35.5. The number of carbonyl (C=O) groups is 3. The summed E-state index contributed by atoms with van der Waals surface area (Å²) in [6, 6.07) is -2.24. The van der Waals surface area contributed by atoms with Crippen LogP contribution in [-0.4, -0.2) is 120 Å². The Morgan fingerprint density at radius 3 is 2.41 bits per heavy atom. The van der Waals surface area contributed by atoms with E-state index in [2.05, 4.69) is 30.4 Å². The number of esters is 1. The Balaban J connectivity index is 1.47. The molecule has 7 atom stereocenters. The Bertz CT molecular complexity index is 1470. The minimum Gasteiger partial charge on any atom is -0.480 e. The van der Waals surface area contributed by atoms with Crippen LogP contribution in [0.2, 0.25) is 5.28 Å². The van der Waals surface area contributed by atoms with E-state index in [1.54, 1.807) is 13.8 Å². The molecule has 2 aliphatic rings. The molecular formula is C27H42ClN8O9P. The third kappa shape index (κ3) is 8.51. The molecule has 17 nitrogen and oxygen atoms in total. The van der Waals surface area contributed by atoms with Gasteiger partial charge in [-0.25, -0.2) is 15.2 Å². The summed E-state index contributed by atoms with van der Waals surface area (Å²) in [5.74, 6) is -2.31. The number of nitrogens with zero attached hydrogens (tertiary/aromatic N) is 5. The van der Waals surface area contributed by atoms with Gasteiger partial charge in [0.25, 0.3) is 0 Å². The van der Waals surface area contributed by atoms with Crippen LogP contribution in [0, 0.1) is 0 Å². The van der Waals surface area contributed by atoms with E-state index in [1.807, 2.05) is 0 Å². The van der Waals surface area contributed by atoms with Gasteiger partial charge in [0.05, 0.1) is 12.4 Å². The number of aliphatic hydroxyl groups excluding tert-OH is 2. The summed E-state index contributed by atoms with van der Waals surface area (Å²) >= 11 is 6.22. The molecule has 1 aliphatic carbocycles. The summed E-state index contributed by atoms with van der Waals surface area (Å²) in [5, 5.41) is 39.5. The van der Waals surface area contributed by atoms with Crippen molar-refractivity contribution in [1.29, 1.82) is 0 Å². The molecule has 0 bridgehead atoms. The number of anilines is 1. The van der Waals surface area contributed by atoms with Gasteiger partial charge in [0, 0.05) is 19.6 Å². The second-order valence-corrected chi connectivity index (χ2v) is 14.7. The fourth-order valence-electron chi connectivity index (χ4n) is 5.43. The van der Waals surface area contributed by atoms with Gasteiger partial charge in [-0.2, -0.15) is 9.97 Å². The number of carbonyl (C=O) groups excluding carboxylic acids is 2. The molecule has 4 rings (SSSR count).